The Labute approximate surface area is 116 Å². The fraction of sp³-hybridized carbons (Fsp3) is 0.462. The Hall–Kier alpha value is -1.49. The molecule has 1 aromatic rings. The molecule has 1 N–H and O–H groups in total. The molecule has 1 heterocycles. The van der Waals surface area contributed by atoms with Gasteiger partial charge in [0.2, 0.25) is 0 Å². The molecule has 2 rings (SSSR count). The smallest absolute Gasteiger partial charge is 0.317 e. The fourth-order valence-corrected chi connectivity index (χ4v) is 2.30. The molecule has 0 aromatic heterocycles. The van der Waals surface area contributed by atoms with Crippen molar-refractivity contribution in [3.05, 3.63) is 29.0 Å². The molecule has 1 saturated heterocycles. The number of nitrogens with one attached hydrogen (secondary N) is 1. The molecular formula is C13H16ClFN2O2. The molecule has 0 spiro atoms. The van der Waals surface area contributed by atoms with Crippen LogP contribution >= 0.6 is 11.6 Å². The maximum Gasteiger partial charge on any atom is 0.317 e. The van der Waals surface area contributed by atoms with Crippen molar-refractivity contribution in [3.63, 3.8) is 0 Å². The average Bonchev–Trinajstić information content (AvgIpc) is 2.42. The molecule has 0 atom stereocenters. The zero-order valence-electron chi connectivity index (χ0n) is 10.7. The third-order valence-electron chi connectivity index (χ3n) is 3.13. The minimum atomic E-state index is -0.383. The second-order valence-corrected chi connectivity index (χ2v) is 4.84. The number of hydrogen-bond acceptors (Lipinski definition) is 2. The topological polar surface area (TPSA) is 41.6 Å². The number of carbonyl (C=O) groups is 1. The molecule has 6 heteroatoms. The van der Waals surface area contributed by atoms with Gasteiger partial charge in [-0.25, -0.2) is 9.18 Å². The van der Waals surface area contributed by atoms with Gasteiger partial charge in [0.15, 0.2) is 0 Å². The number of benzene rings is 1. The van der Waals surface area contributed by atoms with Crippen LogP contribution in [-0.2, 0) is 0 Å². The van der Waals surface area contributed by atoms with Crippen molar-refractivity contribution in [1.29, 1.82) is 0 Å². The highest BCUT2D eigenvalue weighted by Gasteiger charge is 2.23. The van der Waals surface area contributed by atoms with Gasteiger partial charge in [-0.15, -0.1) is 0 Å². The van der Waals surface area contributed by atoms with Gasteiger partial charge in [-0.2, -0.15) is 0 Å². The molecule has 0 bridgehead atoms. The molecule has 104 valence electrons. The van der Waals surface area contributed by atoms with Gasteiger partial charge in [0.25, 0.3) is 0 Å². The SMILES string of the molecule is CNC(=O)N1CCC(Oc2ccc(F)cc2Cl)CC1. The second-order valence-electron chi connectivity index (χ2n) is 4.43. The summed E-state index contributed by atoms with van der Waals surface area (Å²) in [6.45, 7) is 1.28. The molecule has 0 radical (unpaired) electrons. The second kappa shape index (κ2) is 6.10. The number of ether oxygens (including phenoxy) is 1. The van der Waals surface area contributed by atoms with Crippen molar-refractivity contribution in [2.75, 3.05) is 20.1 Å². The van der Waals surface area contributed by atoms with E-state index >= 15 is 0 Å². The van der Waals surface area contributed by atoms with E-state index in [9.17, 15) is 9.18 Å². The predicted molar refractivity (Wildman–Crippen MR) is 71.1 cm³/mol. The van der Waals surface area contributed by atoms with Crippen LogP contribution in [0.3, 0.4) is 0 Å². The number of nitrogens with zero attached hydrogens (tertiary/aromatic N) is 1. The monoisotopic (exact) mass is 286 g/mol. The number of urea groups is 1. The van der Waals surface area contributed by atoms with E-state index in [1.807, 2.05) is 0 Å². The van der Waals surface area contributed by atoms with Gasteiger partial charge in [0, 0.05) is 33.0 Å². The standard InChI is InChI=1S/C13H16ClFN2O2/c1-16-13(18)17-6-4-10(5-7-17)19-12-3-2-9(15)8-11(12)14/h2-3,8,10H,4-7H2,1H3,(H,16,18). The first-order valence-corrected chi connectivity index (χ1v) is 6.56. The molecule has 19 heavy (non-hydrogen) atoms. The highest BCUT2D eigenvalue weighted by molar-refractivity contribution is 6.32. The van der Waals surface area contributed by atoms with Crippen molar-refractivity contribution >= 4 is 17.6 Å². The van der Waals surface area contributed by atoms with E-state index in [2.05, 4.69) is 5.32 Å². The number of amides is 2. The highest BCUT2D eigenvalue weighted by atomic mass is 35.5. The molecule has 1 fully saturated rings. The Morgan fingerprint density at radius 2 is 2.16 bits per heavy atom. The van der Waals surface area contributed by atoms with E-state index in [4.69, 9.17) is 16.3 Å². The van der Waals surface area contributed by atoms with Crippen LogP contribution in [0.25, 0.3) is 0 Å². The van der Waals surface area contributed by atoms with E-state index in [-0.39, 0.29) is 23.0 Å². The van der Waals surface area contributed by atoms with Crippen LogP contribution in [-0.4, -0.2) is 37.2 Å². The van der Waals surface area contributed by atoms with Gasteiger partial charge in [0.1, 0.15) is 17.7 Å². The van der Waals surface area contributed by atoms with Gasteiger partial charge in [-0.1, -0.05) is 11.6 Å². The van der Waals surface area contributed by atoms with Crippen LogP contribution in [0.4, 0.5) is 9.18 Å². The summed E-state index contributed by atoms with van der Waals surface area (Å²) in [6, 6.07) is 4.01. The van der Waals surface area contributed by atoms with E-state index in [1.165, 1.54) is 18.2 Å². The molecule has 4 nitrogen and oxygen atoms in total. The molecule has 1 aliphatic rings. The fourth-order valence-electron chi connectivity index (χ4n) is 2.09. The molecule has 0 unspecified atom stereocenters. The Bertz CT molecular complexity index is 462. The van der Waals surface area contributed by atoms with Crippen molar-refractivity contribution in [1.82, 2.24) is 10.2 Å². The van der Waals surface area contributed by atoms with E-state index in [0.717, 1.165) is 12.8 Å². The number of rotatable bonds is 2. The number of likely N-dealkylation sites (tertiary alicyclic amines) is 1. The quantitative estimate of drug-likeness (QED) is 0.908. The molecule has 1 aromatic carbocycles. The minimum Gasteiger partial charge on any atom is -0.489 e. The summed E-state index contributed by atoms with van der Waals surface area (Å²) in [5.74, 6) is 0.105. The summed E-state index contributed by atoms with van der Waals surface area (Å²) in [7, 11) is 1.61. The first-order valence-electron chi connectivity index (χ1n) is 6.18. The number of halogens is 2. The maximum atomic E-state index is 12.9. The Morgan fingerprint density at radius 3 is 2.74 bits per heavy atom. The first-order chi connectivity index (χ1) is 9.10. The lowest BCUT2D eigenvalue weighted by atomic mass is 10.1. The first kappa shape index (κ1) is 13.9. The largest absolute Gasteiger partial charge is 0.489 e. The van der Waals surface area contributed by atoms with Crippen LogP contribution in [0.15, 0.2) is 18.2 Å². The lowest BCUT2D eigenvalue weighted by Gasteiger charge is -2.32. The summed E-state index contributed by atoms with van der Waals surface area (Å²) in [5, 5.41) is 2.87. The van der Waals surface area contributed by atoms with Gasteiger partial charge < -0.3 is 15.0 Å². The van der Waals surface area contributed by atoms with Crippen LogP contribution in [0.2, 0.25) is 5.02 Å². The molecule has 2 amide bonds. The summed E-state index contributed by atoms with van der Waals surface area (Å²) in [4.78, 5) is 13.2. The molecule has 0 aliphatic carbocycles. The van der Waals surface area contributed by atoms with Crippen LogP contribution in [0.1, 0.15) is 12.8 Å². The Kier molecular flexibility index (Phi) is 4.47. The van der Waals surface area contributed by atoms with Crippen molar-refractivity contribution in [2.24, 2.45) is 0 Å². The van der Waals surface area contributed by atoms with Gasteiger partial charge in [-0.3, -0.25) is 0 Å². The summed E-state index contributed by atoms with van der Waals surface area (Å²) >= 11 is 5.91. The van der Waals surface area contributed by atoms with Crippen molar-refractivity contribution in [2.45, 2.75) is 18.9 Å². The van der Waals surface area contributed by atoms with Crippen LogP contribution in [0, 0.1) is 5.82 Å². The average molecular weight is 287 g/mol. The zero-order chi connectivity index (χ0) is 13.8. The van der Waals surface area contributed by atoms with Crippen molar-refractivity contribution < 1.29 is 13.9 Å². The number of hydrogen-bond donors (Lipinski definition) is 1. The third-order valence-corrected chi connectivity index (χ3v) is 3.43. The van der Waals surface area contributed by atoms with E-state index in [1.54, 1.807) is 11.9 Å². The normalized spacial score (nSPS) is 16.3. The zero-order valence-corrected chi connectivity index (χ0v) is 11.4. The van der Waals surface area contributed by atoms with E-state index in [0.29, 0.717) is 18.8 Å². The van der Waals surface area contributed by atoms with Gasteiger partial charge in [0.05, 0.1) is 5.02 Å². The van der Waals surface area contributed by atoms with Gasteiger partial charge in [-0.05, 0) is 18.2 Å². The Balaban J connectivity index is 1.90. The van der Waals surface area contributed by atoms with Crippen LogP contribution < -0.4 is 10.1 Å². The maximum absolute atomic E-state index is 12.9. The van der Waals surface area contributed by atoms with Crippen molar-refractivity contribution in [3.8, 4) is 5.75 Å². The number of carbonyl (C=O) groups excluding carboxylic acids is 1. The minimum absolute atomic E-state index is 0.00358. The molecule has 1 aliphatic heterocycles. The molecule has 0 saturated carbocycles. The van der Waals surface area contributed by atoms with E-state index < -0.39 is 0 Å². The lowest BCUT2D eigenvalue weighted by molar-refractivity contribution is 0.112. The predicted octanol–water partition coefficient (Wildman–Crippen LogP) is 2.66. The van der Waals surface area contributed by atoms with Gasteiger partial charge >= 0.3 is 6.03 Å². The van der Waals surface area contributed by atoms with Crippen LogP contribution in [0.5, 0.6) is 5.75 Å². The third kappa shape index (κ3) is 3.50. The number of piperidine rings is 1. The lowest BCUT2D eigenvalue weighted by Crippen LogP contribution is -2.45. The summed E-state index contributed by atoms with van der Waals surface area (Å²) < 4.78 is 18.7. The Morgan fingerprint density at radius 1 is 1.47 bits per heavy atom. The summed E-state index contributed by atoms with van der Waals surface area (Å²) in [6.07, 6.45) is 1.48. The highest BCUT2D eigenvalue weighted by Crippen LogP contribution is 2.27. The molecular weight excluding hydrogens is 271 g/mol. The summed E-state index contributed by atoms with van der Waals surface area (Å²) in [5.41, 5.74) is 0.